The summed E-state index contributed by atoms with van der Waals surface area (Å²) in [5.74, 6) is 0. The smallest absolute Gasteiger partial charge is 0.0148 e. The summed E-state index contributed by atoms with van der Waals surface area (Å²) in [6.07, 6.45) is 4.00. The van der Waals surface area contributed by atoms with Gasteiger partial charge in [-0.05, 0) is 20.2 Å². The van der Waals surface area contributed by atoms with Crippen LogP contribution < -0.4 is 10.6 Å². The van der Waals surface area contributed by atoms with E-state index in [0.29, 0.717) is 0 Å². The van der Waals surface area contributed by atoms with E-state index in [9.17, 15) is 0 Å². The Morgan fingerprint density at radius 3 is 2.75 bits per heavy atom. The highest BCUT2D eigenvalue weighted by molar-refractivity contribution is 4.80. The van der Waals surface area contributed by atoms with Crippen LogP contribution in [-0.2, 0) is 0 Å². The maximum absolute atomic E-state index is 3.06. The molecule has 48 valence electrons. The number of nitrogens with one attached hydrogen (secondary N) is 2. The Kier molecular flexibility index (Phi) is 6.09. The zero-order valence-corrected chi connectivity index (χ0v) is 5.57. The van der Waals surface area contributed by atoms with Gasteiger partial charge in [-0.1, -0.05) is 6.08 Å². The minimum Gasteiger partial charge on any atom is -0.391 e. The van der Waals surface area contributed by atoms with Gasteiger partial charge in [0, 0.05) is 13.1 Å². The first-order valence-corrected chi connectivity index (χ1v) is 2.94. The fourth-order valence-corrected chi connectivity index (χ4v) is 0.378. The van der Waals surface area contributed by atoms with Crippen LogP contribution in [0.15, 0.2) is 12.3 Å². The van der Waals surface area contributed by atoms with Gasteiger partial charge in [0.2, 0.25) is 0 Å². The van der Waals surface area contributed by atoms with E-state index >= 15 is 0 Å². The zero-order valence-electron chi connectivity index (χ0n) is 5.57. The SMILES string of the molecule is CCN/C=C\CNC. The van der Waals surface area contributed by atoms with Crippen molar-refractivity contribution in [3.8, 4) is 0 Å². The largest absolute Gasteiger partial charge is 0.391 e. The van der Waals surface area contributed by atoms with Crippen LogP contribution in [0.3, 0.4) is 0 Å². The third-order valence-electron chi connectivity index (χ3n) is 0.762. The summed E-state index contributed by atoms with van der Waals surface area (Å²) in [5, 5.41) is 6.06. The van der Waals surface area contributed by atoms with Gasteiger partial charge in [0.05, 0.1) is 0 Å². The lowest BCUT2D eigenvalue weighted by Gasteiger charge is -1.90. The minimum absolute atomic E-state index is 0.938. The lowest BCUT2D eigenvalue weighted by atomic mass is 10.6. The number of hydrogen-bond acceptors (Lipinski definition) is 2. The Labute approximate surface area is 51.0 Å². The van der Waals surface area contributed by atoms with Crippen LogP contribution in [0.2, 0.25) is 0 Å². The predicted octanol–water partition coefficient (Wildman–Crippen LogP) is 0.329. The second kappa shape index (κ2) is 6.50. The molecule has 0 spiro atoms. The normalized spacial score (nSPS) is 10.2. The van der Waals surface area contributed by atoms with Crippen molar-refractivity contribution in [3.05, 3.63) is 12.3 Å². The van der Waals surface area contributed by atoms with Gasteiger partial charge in [0.1, 0.15) is 0 Å². The monoisotopic (exact) mass is 114 g/mol. The van der Waals surface area contributed by atoms with Gasteiger partial charge in [-0.25, -0.2) is 0 Å². The Balaban J connectivity index is 2.83. The molecule has 0 aromatic heterocycles. The second-order valence-electron chi connectivity index (χ2n) is 1.52. The summed E-state index contributed by atoms with van der Waals surface area (Å²) >= 11 is 0. The maximum Gasteiger partial charge on any atom is 0.0148 e. The highest BCUT2D eigenvalue weighted by Gasteiger charge is 1.67. The average molecular weight is 114 g/mol. The molecule has 2 nitrogen and oxygen atoms in total. The summed E-state index contributed by atoms with van der Waals surface area (Å²) < 4.78 is 0. The summed E-state index contributed by atoms with van der Waals surface area (Å²) in [5.41, 5.74) is 0. The molecule has 0 rings (SSSR count). The van der Waals surface area contributed by atoms with E-state index in [-0.39, 0.29) is 0 Å². The molecule has 0 aliphatic heterocycles. The van der Waals surface area contributed by atoms with E-state index in [1.54, 1.807) is 0 Å². The number of rotatable bonds is 4. The zero-order chi connectivity index (χ0) is 6.24. The minimum atomic E-state index is 0.938. The van der Waals surface area contributed by atoms with Crippen LogP contribution in [0.1, 0.15) is 6.92 Å². The van der Waals surface area contributed by atoms with Crippen LogP contribution in [0.4, 0.5) is 0 Å². The van der Waals surface area contributed by atoms with Gasteiger partial charge in [0.25, 0.3) is 0 Å². The molecule has 2 heteroatoms. The number of hydrogen-bond donors (Lipinski definition) is 2. The molecule has 8 heavy (non-hydrogen) atoms. The van der Waals surface area contributed by atoms with Crippen LogP contribution in [0.5, 0.6) is 0 Å². The van der Waals surface area contributed by atoms with Crippen molar-refractivity contribution >= 4 is 0 Å². The van der Waals surface area contributed by atoms with E-state index in [2.05, 4.69) is 17.6 Å². The molecule has 0 unspecified atom stereocenters. The molecule has 0 saturated heterocycles. The molecule has 0 aromatic carbocycles. The van der Waals surface area contributed by atoms with Crippen molar-refractivity contribution in [1.29, 1.82) is 0 Å². The highest BCUT2D eigenvalue weighted by atomic mass is 14.8. The van der Waals surface area contributed by atoms with Crippen LogP contribution in [-0.4, -0.2) is 20.1 Å². The molecule has 0 aliphatic carbocycles. The summed E-state index contributed by atoms with van der Waals surface area (Å²) in [6, 6.07) is 0. The Morgan fingerprint density at radius 1 is 1.50 bits per heavy atom. The van der Waals surface area contributed by atoms with Crippen molar-refractivity contribution < 1.29 is 0 Å². The van der Waals surface area contributed by atoms with Gasteiger partial charge >= 0.3 is 0 Å². The van der Waals surface area contributed by atoms with Crippen LogP contribution >= 0.6 is 0 Å². The predicted molar refractivity (Wildman–Crippen MR) is 36.7 cm³/mol. The Morgan fingerprint density at radius 2 is 2.25 bits per heavy atom. The van der Waals surface area contributed by atoms with Gasteiger partial charge in [-0.15, -0.1) is 0 Å². The summed E-state index contributed by atoms with van der Waals surface area (Å²) in [7, 11) is 1.93. The third-order valence-corrected chi connectivity index (χ3v) is 0.762. The molecule has 2 N–H and O–H groups in total. The molecular formula is C6H14N2. The fourth-order valence-electron chi connectivity index (χ4n) is 0.378. The second-order valence-corrected chi connectivity index (χ2v) is 1.52. The molecule has 0 saturated carbocycles. The highest BCUT2D eigenvalue weighted by Crippen LogP contribution is 1.62. The molecule has 0 aromatic rings. The summed E-state index contributed by atoms with van der Waals surface area (Å²) in [6.45, 7) is 4.01. The van der Waals surface area contributed by atoms with Crippen LogP contribution in [0.25, 0.3) is 0 Å². The van der Waals surface area contributed by atoms with Gasteiger partial charge in [-0.2, -0.15) is 0 Å². The molecule has 0 atom stereocenters. The van der Waals surface area contributed by atoms with E-state index < -0.39 is 0 Å². The van der Waals surface area contributed by atoms with Crippen molar-refractivity contribution in [2.75, 3.05) is 20.1 Å². The van der Waals surface area contributed by atoms with Gasteiger partial charge < -0.3 is 10.6 Å². The van der Waals surface area contributed by atoms with Crippen molar-refractivity contribution in [3.63, 3.8) is 0 Å². The third kappa shape index (κ3) is 5.50. The fraction of sp³-hybridized carbons (Fsp3) is 0.667. The first-order chi connectivity index (χ1) is 3.91. The Hall–Kier alpha value is -0.500. The lowest BCUT2D eigenvalue weighted by molar-refractivity contribution is 0.882. The average Bonchev–Trinajstić information content (AvgIpc) is 1.81. The van der Waals surface area contributed by atoms with Gasteiger partial charge in [-0.3, -0.25) is 0 Å². The molecular weight excluding hydrogens is 100 g/mol. The molecule has 0 bridgehead atoms. The number of likely N-dealkylation sites (N-methyl/N-ethyl adjacent to an activating group) is 1. The topological polar surface area (TPSA) is 24.1 Å². The summed E-state index contributed by atoms with van der Waals surface area (Å²) in [4.78, 5) is 0. The van der Waals surface area contributed by atoms with Crippen LogP contribution in [0, 0.1) is 0 Å². The standard InChI is InChI=1S/C6H14N2/c1-3-8-6-4-5-7-2/h4,6-8H,3,5H2,1-2H3/b6-4-. The van der Waals surface area contributed by atoms with Gasteiger partial charge in [0.15, 0.2) is 0 Å². The van der Waals surface area contributed by atoms with Crippen molar-refractivity contribution in [1.82, 2.24) is 10.6 Å². The quantitative estimate of drug-likeness (QED) is 0.550. The first-order valence-electron chi connectivity index (χ1n) is 2.94. The van der Waals surface area contributed by atoms with E-state index in [0.717, 1.165) is 13.1 Å². The van der Waals surface area contributed by atoms with E-state index in [1.165, 1.54) is 0 Å². The molecule has 0 fully saturated rings. The molecule has 0 radical (unpaired) electrons. The Bertz CT molecular complexity index is 51.5. The van der Waals surface area contributed by atoms with Crippen molar-refractivity contribution in [2.45, 2.75) is 6.92 Å². The molecule has 0 amide bonds. The lowest BCUT2D eigenvalue weighted by Crippen LogP contribution is -2.07. The molecule has 0 aliphatic rings. The van der Waals surface area contributed by atoms with Crippen molar-refractivity contribution in [2.24, 2.45) is 0 Å². The molecule has 0 heterocycles. The van der Waals surface area contributed by atoms with E-state index in [1.807, 2.05) is 19.3 Å². The maximum atomic E-state index is 3.06. The first kappa shape index (κ1) is 7.50. The van der Waals surface area contributed by atoms with E-state index in [4.69, 9.17) is 0 Å².